The second-order valence-electron chi connectivity index (χ2n) is 4.66. The van der Waals surface area contributed by atoms with Gasteiger partial charge in [-0.25, -0.2) is 9.37 Å². The molecule has 1 aromatic carbocycles. The van der Waals surface area contributed by atoms with Crippen LogP contribution in [-0.4, -0.2) is 27.9 Å². The van der Waals surface area contributed by atoms with Gasteiger partial charge in [-0.1, -0.05) is 11.6 Å². The van der Waals surface area contributed by atoms with Crippen molar-refractivity contribution >= 4 is 40.1 Å². The Labute approximate surface area is 132 Å². The third kappa shape index (κ3) is 3.14. The zero-order valence-electron chi connectivity index (χ0n) is 11.8. The van der Waals surface area contributed by atoms with E-state index in [2.05, 4.69) is 10.3 Å². The van der Waals surface area contributed by atoms with Crippen molar-refractivity contribution in [1.29, 1.82) is 0 Å². The molecule has 0 aliphatic rings. The van der Waals surface area contributed by atoms with Gasteiger partial charge in [-0.05, 0) is 19.9 Å². The summed E-state index contributed by atoms with van der Waals surface area (Å²) in [7, 11) is 0. The summed E-state index contributed by atoms with van der Waals surface area (Å²) in [5.74, 6) is 0.340. The third-order valence-electron chi connectivity index (χ3n) is 3.24. The summed E-state index contributed by atoms with van der Waals surface area (Å²) in [6, 6.07) is 2.29. The number of nitrogens with zero attached hydrogens (tertiary/aromatic N) is 2. The molecule has 2 rings (SSSR count). The van der Waals surface area contributed by atoms with E-state index in [-0.39, 0.29) is 10.9 Å². The summed E-state index contributed by atoms with van der Waals surface area (Å²) in [5, 5.41) is 2.77. The number of nitrogens with one attached hydrogen (secondary N) is 1. The Bertz CT molecular complexity index is 672. The number of imidazole rings is 1. The highest BCUT2D eigenvalue weighted by molar-refractivity contribution is 6.31. The van der Waals surface area contributed by atoms with Crippen LogP contribution < -0.4 is 5.32 Å². The average molecular weight is 332 g/mol. The monoisotopic (exact) mass is 331 g/mol. The first-order chi connectivity index (χ1) is 9.99. The van der Waals surface area contributed by atoms with Crippen molar-refractivity contribution in [2.75, 3.05) is 12.4 Å². The van der Waals surface area contributed by atoms with E-state index in [1.807, 2.05) is 6.92 Å². The molecule has 0 saturated heterocycles. The summed E-state index contributed by atoms with van der Waals surface area (Å²) in [6.45, 7) is 4.15. The van der Waals surface area contributed by atoms with Crippen molar-refractivity contribution < 1.29 is 9.18 Å². The van der Waals surface area contributed by atoms with Gasteiger partial charge in [0.05, 0.1) is 16.1 Å². The first kappa shape index (κ1) is 16.0. The van der Waals surface area contributed by atoms with Gasteiger partial charge in [0.2, 0.25) is 5.91 Å². The lowest BCUT2D eigenvalue weighted by molar-refractivity contribution is -0.123. The van der Waals surface area contributed by atoms with Crippen LogP contribution in [0.4, 0.5) is 4.39 Å². The highest BCUT2D eigenvalue weighted by atomic mass is 35.5. The van der Waals surface area contributed by atoms with Crippen molar-refractivity contribution in [2.24, 2.45) is 0 Å². The van der Waals surface area contributed by atoms with E-state index in [4.69, 9.17) is 23.2 Å². The molecule has 0 aliphatic carbocycles. The number of likely N-dealkylation sites (N-methyl/N-ethyl adjacent to an activating group) is 1. The van der Waals surface area contributed by atoms with Gasteiger partial charge < -0.3 is 9.88 Å². The minimum atomic E-state index is -0.531. The Kier molecular flexibility index (Phi) is 5.06. The highest BCUT2D eigenvalue weighted by Gasteiger charge is 2.21. The lowest BCUT2D eigenvalue weighted by Crippen LogP contribution is -2.31. The fraction of sp³-hybridized carbons (Fsp3) is 0.429. The smallest absolute Gasteiger partial charge is 0.242 e. The van der Waals surface area contributed by atoms with E-state index in [0.29, 0.717) is 35.7 Å². The molecule has 114 valence electrons. The molecule has 0 saturated carbocycles. The predicted octanol–water partition coefficient (Wildman–Crippen LogP) is 3.31. The number of hydrogen-bond donors (Lipinski definition) is 1. The SMILES string of the molecule is CCNC(=O)C(C)n1c(CCCl)nc2cc(F)c(Cl)cc21. The Morgan fingerprint density at radius 3 is 2.86 bits per heavy atom. The molecule has 1 amide bonds. The van der Waals surface area contributed by atoms with Crippen molar-refractivity contribution in [3.05, 3.63) is 28.8 Å². The zero-order valence-corrected chi connectivity index (χ0v) is 13.3. The first-order valence-electron chi connectivity index (χ1n) is 6.69. The lowest BCUT2D eigenvalue weighted by Gasteiger charge is -2.16. The number of alkyl halides is 1. The molecule has 0 aliphatic heterocycles. The summed E-state index contributed by atoms with van der Waals surface area (Å²) in [5.41, 5.74) is 1.09. The minimum absolute atomic E-state index is 0.00386. The van der Waals surface area contributed by atoms with Gasteiger partial charge in [-0.3, -0.25) is 4.79 Å². The highest BCUT2D eigenvalue weighted by Crippen LogP contribution is 2.27. The van der Waals surface area contributed by atoms with Gasteiger partial charge in [0.25, 0.3) is 0 Å². The summed E-state index contributed by atoms with van der Waals surface area (Å²) >= 11 is 11.6. The largest absolute Gasteiger partial charge is 0.355 e. The normalized spacial score (nSPS) is 12.6. The molecule has 21 heavy (non-hydrogen) atoms. The topological polar surface area (TPSA) is 46.9 Å². The number of hydrogen-bond acceptors (Lipinski definition) is 2. The predicted molar refractivity (Wildman–Crippen MR) is 82.5 cm³/mol. The summed E-state index contributed by atoms with van der Waals surface area (Å²) in [6.07, 6.45) is 0.485. The maximum absolute atomic E-state index is 13.6. The number of carbonyl (C=O) groups is 1. The van der Waals surface area contributed by atoms with Crippen LogP contribution in [-0.2, 0) is 11.2 Å². The van der Waals surface area contributed by atoms with Crippen LogP contribution in [0, 0.1) is 5.82 Å². The third-order valence-corrected chi connectivity index (χ3v) is 3.72. The fourth-order valence-electron chi connectivity index (χ4n) is 2.27. The maximum atomic E-state index is 13.6. The Balaban J connectivity index is 2.60. The molecule has 2 aromatic rings. The van der Waals surface area contributed by atoms with E-state index in [9.17, 15) is 9.18 Å². The van der Waals surface area contributed by atoms with Gasteiger partial charge in [-0.2, -0.15) is 0 Å². The molecule has 0 spiro atoms. The van der Waals surface area contributed by atoms with Crippen LogP contribution in [0.5, 0.6) is 0 Å². The molecule has 0 radical (unpaired) electrons. The van der Waals surface area contributed by atoms with Crippen molar-refractivity contribution in [2.45, 2.75) is 26.3 Å². The van der Waals surface area contributed by atoms with Crippen LogP contribution in [0.25, 0.3) is 11.0 Å². The Morgan fingerprint density at radius 1 is 1.52 bits per heavy atom. The van der Waals surface area contributed by atoms with Crippen molar-refractivity contribution in [1.82, 2.24) is 14.9 Å². The molecule has 1 atom stereocenters. The van der Waals surface area contributed by atoms with Crippen LogP contribution in [0.3, 0.4) is 0 Å². The van der Waals surface area contributed by atoms with Gasteiger partial charge in [0, 0.05) is 24.9 Å². The fourth-order valence-corrected chi connectivity index (χ4v) is 2.60. The van der Waals surface area contributed by atoms with Gasteiger partial charge in [0.15, 0.2) is 0 Å². The van der Waals surface area contributed by atoms with Crippen LogP contribution in [0.2, 0.25) is 5.02 Å². The zero-order chi connectivity index (χ0) is 15.6. The Hall–Kier alpha value is -1.33. The number of carbonyl (C=O) groups excluding carboxylic acids is 1. The Morgan fingerprint density at radius 2 is 2.24 bits per heavy atom. The standard InChI is InChI=1S/C14H16Cl2FN3O/c1-3-18-14(21)8(2)20-12-6-9(16)10(17)7-11(12)19-13(20)4-5-15/h6-8H,3-5H2,1-2H3,(H,18,21). The lowest BCUT2D eigenvalue weighted by atomic mass is 10.2. The van der Waals surface area contributed by atoms with Gasteiger partial charge in [-0.15, -0.1) is 11.6 Å². The molecular formula is C14H16Cl2FN3O. The molecule has 1 N–H and O–H groups in total. The molecule has 0 fully saturated rings. The second kappa shape index (κ2) is 6.62. The summed E-state index contributed by atoms with van der Waals surface area (Å²) in [4.78, 5) is 16.5. The van der Waals surface area contributed by atoms with Crippen molar-refractivity contribution in [3.8, 4) is 0 Å². The molecule has 0 bridgehead atoms. The summed E-state index contributed by atoms with van der Waals surface area (Å²) < 4.78 is 15.3. The van der Waals surface area contributed by atoms with E-state index < -0.39 is 11.9 Å². The average Bonchev–Trinajstić information content (AvgIpc) is 2.76. The quantitative estimate of drug-likeness (QED) is 0.854. The number of amides is 1. The van der Waals surface area contributed by atoms with E-state index in [1.54, 1.807) is 11.5 Å². The molecule has 1 aromatic heterocycles. The van der Waals surface area contributed by atoms with Gasteiger partial charge in [0.1, 0.15) is 17.7 Å². The number of aromatic nitrogens is 2. The van der Waals surface area contributed by atoms with Crippen LogP contribution in [0.15, 0.2) is 12.1 Å². The first-order valence-corrected chi connectivity index (χ1v) is 7.60. The number of rotatable bonds is 5. The number of halogens is 3. The molecule has 1 heterocycles. The molecule has 4 nitrogen and oxygen atoms in total. The van der Waals surface area contributed by atoms with Crippen LogP contribution in [0.1, 0.15) is 25.7 Å². The minimum Gasteiger partial charge on any atom is -0.355 e. The van der Waals surface area contributed by atoms with E-state index >= 15 is 0 Å². The van der Waals surface area contributed by atoms with Gasteiger partial charge >= 0.3 is 0 Å². The second-order valence-corrected chi connectivity index (χ2v) is 5.45. The number of benzene rings is 1. The molecule has 1 unspecified atom stereocenters. The number of aryl methyl sites for hydroxylation is 1. The maximum Gasteiger partial charge on any atom is 0.242 e. The van der Waals surface area contributed by atoms with E-state index in [1.165, 1.54) is 12.1 Å². The molecule has 7 heteroatoms. The number of fused-ring (bicyclic) bond motifs is 1. The van der Waals surface area contributed by atoms with E-state index in [0.717, 1.165) is 0 Å². The van der Waals surface area contributed by atoms with Crippen molar-refractivity contribution in [3.63, 3.8) is 0 Å². The van der Waals surface area contributed by atoms with Crippen LogP contribution >= 0.6 is 23.2 Å². The molecular weight excluding hydrogens is 316 g/mol.